The number of aliphatic hydroxyl groups excluding tert-OH is 2. The molecular formula is C58H70ClF2N11O7S2. The number of piperidine rings is 1. The lowest BCUT2D eigenvalue weighted by atomic mass is 9.84. The third-order valence-electron chi connectivity index (χ3n) is 16.2. The fourth-order valence-electron chi connectivity index (χ4n) is 11.6. The van der Waals surface area contributed by atoms with Gasteiger partial charge in [0.25, 0.3) is 0 Å². The summed E-state index contributed by atoms with van der Waals surface area (Å²) in [6.07, 6.45) is 1.95. The van der Waals surface area contributed by atoms with Gasteiger partial charge in [0, 0.05) is 93.5 Å². The van der Waals surface area contributed by atoms with Crippen molar-refractivity contribution in [3.63, 3.8) is 0 Å². The number of pyridine rings is 1. The second kappa shape index (κ2) is 24.5. The maximum Gasteiger partial charge on any atom is 0.301 e. The Balaban J connectivity index is 0.678. The van der Waals surface area contributed by atoms with E-state index in [0.717, 1.165) is 114 Å². The first-order chi connectivity index (χ1) is 38.7. The quantitative estimate of drug-likeness (QED) is 0.0488. The normalized spacial score (nSPS) is 20.9. The van der Waals surface area contributed by atoms with Gasteiger partial charge in [-0.25, -0.2) is 18.7 Å². The first kappa shape index (κ1) is 58.3. The number of benzene rings is 3. The number of hydrogen-bond acceptors (Lipinski definition) is 14. The number of H-pyrrole nitrogens is 1. The number of ketones is 1. The van der Waals surface area contributed by atoms with Gasteiger partial charge in [-0.2, -0.15) is 12.7 Å². The molecule has 23 heteroatoms. The highest BCUT2D eigenvalue weighted by atomic mass is 35.5. The first-order valence-corrected chi connectivity index (χ1v) is 30.3. The second-order valence-corrected chi connectivity index (χ2v) is 25.9. The lowest BCUT2D eigenvalue weighted by Crippen LogP contribution is -2.61. The van der Waals surface area contributed by atoms with E-state index in [-0.39, 0.29) is 62.1 Å². The molecule has 0 aliphatic carbocycles. The molecule has 4 aliphatic heterocycles. The number of carbonyl (C=O) groups excluding carboxylic acids is 3. The number of rotatable bonds is 18. The van der Waals surface area contributed by atoms with Crippen molar-refractivity contribution < 1.29 is 41.8 Å². The van der Waals surface area contributed by atoms with Crippen molar-refractivity contribution in [1.29, 1.82) is 0 Å². The Morgan fingerprint density at radius 1 is 0.901 bits per heavy atom. The number of thiazole rings is 1. The summed E-state index contributed by atoms with van der Waals surface area (Å²) in [6, 6.07) is 18.5. The van der Waals surface area contributed by atoms with Gasteiger partial charge < -0.3 is 30.7 Å². The average molecular weight is 1170 g/mol. The van der Waals surface area contributed by atoms with Crippen molar-refractivity contribution in [3.05, 3.63) is 118 Å². The number of carbonyl (C=O) groups is 3. The van der Waals surface area contributed by atoms with E-state index in [1.54, 1.807) is 28.5 Å². The zero-order chi connectivity index (χ0) is 57.3. The van der Waals surface area contributed by atoms with Crippen LogP contribution in [0.1, 0.15) is 73.6 Å². The fourth-order valence-corrected chi connectivity index (χ4v) is 14.0. The number of aromatic nitrogens is 3. The molecule has 6 N–H and O–H groups in total. The van der Waals surface area contributed by atoms with Gasteiger partial charge in [-0.3, -0.25) is 33.8 Å². The van der Waals surface area contributed by atoms with E-state index in [4.69, 9.17) is 11.6 Å². The van der Waals surface area contributed by atoms with Crippen LogP contribution < -0.4 is 20.3 Å². The van der Waals surface area contributed by atoms with E-state index in [9.17, 15) is 37.4 Å². The van der Waals surface area contributed by atoms with Gasteiger partial charge in [0.05, 0.1) is 57.1 Å². The number of piperazine rings is 1. The van der Waals surface area contributed by atoms with E-state index >= 15 is 4.39 Å². The Labute approximate surface area is 480 Å². The van der Waals surface area contributed by atoms with Crippen LogP contribution in [-0.4, -0.2) is 173 Å². The number of alkyl halides is 1. The van der Waals surface area contributed by atoms with E-state index in [2.05, 4.69) is 57.1 Å². The van der Waals surface area contributed by atoms with Crippen LogP contribution in [0.5, 0.6) is 0 Å². The Morgan fingerprint density at radius 3 is 2.28 bits per heavy atom. The van der Waals surface area contributed by atoms with Crippen molar-refractivity contribution in [3.8, 4) is 21.6 Å². The highest BCUT2D eigenvalue weighted by Crippen LogP contribution is 2.36. The highest BCUT2D eigenvalue weighted by Gasteiger charge is 2.45. The Kier molecular flexibility index (Phi) is 17.6. The molecule has 4 saturated heterocycles. The zero-order valence-corrected chi connectivity index (χ0v) is 48.3. The molecular weight excluding hydrogens is 1100 g/mol. The SMILES string of the molecule is Cc1ncsc1-c1ccc(CNC(=O)[C@@H]2C[C@@H](O)CN2C(O)[C@@H](NC(=O)CN2CCC(CN3CCN(c4ccc(-c5cnc6[nH]cc(C(=O)c7c(F)ccc(NS(=O)(=O)N8CC[C@@H](F)C8)c7Cl)c6c5)cc4)CC3)CC2)C(C)(C)C)cc1. The Hall–Kier alpha value is -5.95. The number of halogens is 3. The highest BCUT2D eigenvalue weighted by molar-refractivity contribution is 7.90. The standard InChI is InChI=1S/C58H70ClF2N11O7S2/c1-35-53(80-34-65-35)39-7-5-36(6-8-39)27-64-56(76)48-26-43(73)32-72(48)57(77)54(58(2,3)4)66-49(74)33-68-18-15-37(16-19-68)30-69-21-23-70(24-22-69)42-11-9-38(10-12-42)40-25-44-45(29-63-55(44)62-28-40)52(75)50-46(61)13-14-47(51(50)59)67-81(78,79)71-20-17-41(60)31-71/h5-14,25,28-29,34,37,41,43,48,54,57,67,73,77H,15-24,26-27,30-33H2,1-4H3,(H,62,63)(H,64,76)(H,66,74)/t41-,43-,48+,54-,57?/m1/s1. The molecule has 18 nitrogen and oxygen atoms in total. The van der Waals surface area contributed by atoms with Crippen LogP contribution in [-0.2, 0) is 26.3 Å². The van der Waals surface area contributed by atoms with Crippen molar-refractivity contribution in [2.45, 2.75) is 90.5 Å². The number of likely N-dealkylation sites (tertiary alicyclic amines) is 2. The fraction of sp³-hybridized carbons (Fsp3) is 0.466. The molecule has 3 aromatic heterocycles. The van der Waals surface area contributed by atoms with Gasteiger partial charge in [-0.1, -0.05) is 68.8 Å². The number of aryl methyl sites for hydroxylation is 1. The molecule has 1 unspecified atom stereocenters. The van der Waals surface area contributed by atoms with Crippen LogP contribution in [0.4, 0.5) is 20.2 Å². The molecule has 2 amide bonds. The summed E-state index contributed by atoms with van der Waals surface area (Å²) in [5.41, 5.74) is 6.65. The predicted molar refractivity (Wildman–Crippen MR) is 310 cm³/mol. The lowest BCUT2D eigenvalue weighted by Gasteiger charge is -2.41. The van der Waals surface area contributed by atoms with E-state index < -0.39 is 68.4 Å². The number of aromatic amines is 1. The van der Waals surface area contributed by atoms with Gasteiger partial charge in [0.2, 0.25) is 11.8 Å². The zero-order valence-electron chi connectivity index (χ0n) is 45.9. The summed E-state index contributed by atoms with van der Waals surface area (Å²) in [6.45, 7) is 14.1. The summed E-state index contributed by atoms with van der Waals surface area (Å²) in [5.74, 6) is -1.69. The molecule has 0 radical (unpaired) electrons. The molecule has 7 heterocycles. The summed E-state index contributed by atoms with van der Waals surface area (Å²) in [4.78, 5) is 62.9. The molecule has 5 atom stereocenters. The number of fused-ring (bicyclic) bond motifs is 1. The minimum Gasteiger partial charge on any atom is -0.392 e. The van der Waals surface area contributed by atoms with Crippen molar-refractivity contribution in [2.24, 2.45) is 11.3 Å². The van der Waals surface area contributed by atoms with Gasteiger partial charge in [0.1, 0.15) is 23.9 Å². The summed E-state index contributed by atoms with van der Waals surface area (Å²) < 4.78 is 58.3. The van der Waals surface area contributed by atoms with E-state index in [1.165, 1.54) is 6.20 Å². The van der Waals surface area contributed by atoms with Gasteiger partial charge in [-0.05, 0) is 104 Å². The summed E-state index contributed by atoms with van der Waals surface area (Å²) in [7, 11) is -4.22. The molecule has 4 aliphatic rings. The minimum atomic E-state index is -4.22. The number of nitrogens with zero attached hydrogens (tertiary/aromatic N) is 7. The summed E-state index contributed by atoms with van der Waals surface area (Å²) in [5, 5.41) is 28.8. The van der Waals surface area contributed by atoms with Gasteiger partial charge in [-0.15, -0.1) is 11.3 Å². The third kappa shape index (κ3) is 13.3. The molecule has 4 fully saturated rings. The number of nitrogens with one attached hydrogen (secondary N) is 4. The number of anilines is 2. The Bertz CT molecular complexity index is 3350. The average Bonchev–Trinajstić information content (AvgIpc) is 4.41. The third-order valence-corrected chi connectivity index (χ3v) is 19.1. The molecule has 6 aromatic rings. The minimum absolute atomic E-state index is 0.0225. The summed E-state index contributed by atoms with van der Waals surface area (Å²) >= 11 is 8.11. The second-order valence-electron chi connectivity index (χ2n) is 22.9. The smallest absolute Gasteiger partial charge is 0.301 e. The van der Waals surface area contributed by atoms with Gasteiger partial charge in [0.15, 0.2) is 5.78 Å². The van der Waals surface area contributed by atoms with Crippen LogP contribution in [0, 0.1) is 24.1 Å². The van der Waals surface area contributed by atoms with Crippen LogP contribution in [0.3, 0.4) is 0 Å². The van der Waals surface area contributed by atoms with Crippen LogP contribution in [0.15, 0.2) is 84.6 Å². The van der Waals surface area contributed by atoms with Crippen molar-refractivity contribution >= 4 is 73.2 Å². The lowest BCUT2D eigenvalue weighted by molar-refractivity contribution is -0.135. The van der Waals surface area contributed by atoms with E-state index in [1.807, 2.05) is 69.6 Å². The molecule has 432 valence electrons. The Morgan fingerprint density at radius 2 is 1.62 bits per heavy atom. The molecule has 0 spiro atoms. The van der Waals surface area contributed by atoms with Crippen LogP contribution >= 0.6 is 22.9 Å². The van der Waals surface area contributed by atoms with E-state index in [0.29, 0.717) is 23.5 Å². The molecule has 3 aromatic carbocycles. The predicted octanol–water partition coefficient (Wildman–Crippen LogP) is 6.82. The van der Waals surface area contributed by atoms with Crippen LogP contribution in [0.2, 0.25) is 5.02 Å². The topological polar surface area (TPSA) is 220 Å². The maximum atomic E-state index is 15.4. The van der Waals surface area contributed by atoms with Crippen molar-refractivity contribution in [2.75, 3.05) is 81.6 Å². The molecule has 81 heavy (non-hydrogen) atoms. The molecule has 0 bridgehead atoms. The molecule has 0 saturated carbocycles. The number of amides is 2. The van der Waals surface area contributed by atoms with Crippen LogP contribution in [0.25, 0.3) is 32.6 Å². The first-order valence-electron chi connectivity index (χ1n) is 27.6. The largest absolute Gasteiger partial charge is 0.392 e. The van der Waals surface area contributed by atoms with Crippen molar-refractivity contribution in [1.82, 2.24) is 44.6 Å². The number of aliphatic hydroxyl groups is 2. The molecule has 10 rings (SSSR count). The van der Waals surface area contributed by atoms with Gasteiger partial charge >= 0.3 is 10.2 Å². The maximum absolute atomic E-state index is 15.4. The number of hydrogen-bond donors (Lipinski definition) is 6. The monoisotopic (exact) mass is 1170 g/mol. The number of β-amino-alcohol motifs (C(OH)–C–C–N with tert-alkyl or cyclic N) is 1.